The van der Waals surface area contributed by atoms with E-state index < -0.39 is 0 Å². The number of rotatable bonds is 4. The zero-order valence-corrected chi connectivity index (χ0v) is 12.0. The lowest BCUT2D eigenvalue weighted by molar-refractivity contribution is 0.0169. The third-order valence-electron chi connectivity index (χ3n) is 3.84. The number of carbonyl (C=O) groups is 1. The number of nitrogens with one attached hydrogen (secondary N) is 2. The summed E-state index contributed by atoms with van der Waals surface area (Å²) in [5, 5.41) is 2.98. The Hall–Kier alpha value is -2.07. The minimum absolute atomic E-state index is 0.0516. The minimum atomic E-state index is -0.0516. The van der Waals surface area contributed by atoms with Crippen LogP contribution in [0.3, 0.4) is 0 Å². The Morgan fingerprint density at radius 3 is 2.86 bits per heavy atom. The van der Waals surface area contributed by atoms with Crippen LogP contribution in [-0.2, 0) is 4.74 Å². The molecule has 2 aromatic rings. The summed E-state index contributed by atoms with van der Waals surface area (Å²) in [5.41, 5.74) is 2.65. The maximum absolute atomic E-state index is 12.4. The van der Waals surface area contributed by atoms with E-state index in [1.807, 2.05) is 36.5 Å². The third-order valence-corrected chi connectivity index (χ3v) is 3.84. The van der Waals surface area contributed by atoms with Crippen LogP contribution in [-0.4, -0.2) is 30.1 Å². The molecule has 4 nitrogen and oxygen atoms in total. The fourth-order valence-electron chi connectivity index (χ4n) is 2.68. The number of aromatic amines is 1. The smallest absolute Gasteiger partial charge is 0.253 e. The van der Waals surface area contributed by atoms with Gasteiger partial charge in [-0.25, -0.2) is 0 Å². The number of H-pyrrole nitrogens is 1. The average Bonchev–Trinajstić information content (AvgIpc) is 3.04. The molecule has 0 radical (unpaired) electrons. The lowest BCUT2D eigenvalue weighted by Crippen LogP contribution is -2.35. The summed E-state index contributed by atoms with van der Waals surface area (Å²) < 4.78 is 5.64. The number of ether oxygens (including phenoxy) is 1. The van der Waals surface area contributed by atoms with Gasteiger partial charge in [0.15, 0.2) is 0 Å². The van der Waals surface area contributed by atoms with Crippen LogP contribution in [0.25, 0.3) is 11.1 Å². The van der Waals surface area contributed by atoms with Gasteiger partial charge in [-0.1, -0.05) is 30.3 Å². The SMILES string of the molecule is O=C(NCC1CCCCO1)c1c[nH]cc1-c1ccccc1. The first kappa shape index (κ1) is 13.9. The van der Waals surface area contributed by atoms with E-state index in [0.29, 0.717) is 12.1 Å². The van der Waals surface area contributed by atoms with Gasteiger partial charge in [0.2, 0.25) is 0 Å². The van der Waals surface area contributed by atoms with Crippen molar-refractivity contribution in [2.24, 2.45) is 0 Å². The van der Waals surface area contributed by atoms with E-state index in [4.69, 9.17) is 4.74 Å². The highest BCUT2D eigenvalue weighted by Gasteiger charge is 2.17. The van der Waals surface area contributed by atoms with E-state index in [-0.39, 0.29) is 12.0 Å². The molecule has 2 heterocycles. The lowest BCUT2D eigenvalue weighted by atomic mass is 10.0. The van der Waals surface area contributed by atoms with Crippen LogP contribution in [0.15, 0.2) is 42.7 Å². The van der Waals surface area contributed by atoms with Gasteiger partial charge >= 0.3 is 0 Å². The first-order chi connectivity index (χ1) is 10.3. The Morgan fingerprint density at radius 1 is 1.24 bits per heavy atom. The first-order valence-corrected chi connectivity index (χ1v) is 7.46. The van der Waals surface area contributed by atoms with Gasteiger partial charge in [0.05, 0.1) is 11.7 Å². The molecule has 0 spiro atoms. The van der Waals surface area contributed by atoms with Crippen LogP contribution in [0.1, 0.15) is 29.6 Å². The first-order valence-electron chi connectivity index (χ1n) is 7.46. The molecular weight excluding hydrogens is 264 g/mol. The number of aromatic nitrogens is 1. The number of hydrogen-bond acceptors (Lipinski definition) is 2. The van der Waals surface area contributed by atoms with Crippen LogP contribution < -0.4 is 5.32 Å². The van der Waals surface area contributed by atoms with Crippen molar-refractivity contribution < 1.29 is 9.53 Å². The highest BCUT2D eigenvalue weighted by Crippen LogP contribution is 2.23. The molecule has 1 saturated heterocycles. The molecule has 1 amide bonds. The molecule has 0 saturated carbocycles. The zero-order valence-electron chi connectivity index (χ0n) is 12.0. The molecule has 1 unspecified atom stereocenters. The normalized spacial score (nSPS) is 18.4. The van der Waals surface area contributed by atoms with Crippen LogP contribution in [0.4, 0.5) is 0 Å². The summed E-state index contributed by atoms with van der Waals surface area (Å²) >= 11 is 0. The minimum Gasteiger partial charge on any atom is -0.376 e. The fraction of sp³-hybridized carbons (Fsp3) is 0.353. The number of hydrogen-bond donors (Lipinski definition) is 2. The molecule has 4 heteroatoms. The molecule has 3 rings (SSSR count). The molecule has 110 valence electrons. The maximum Gasteiger partial charge on any atom is 0.253 e. The summed E-state index contributed by atoms with van der Waals surface area (Å²) in [5.74, 6) is -0.0516. The van der Waals surface area contributed by atoms with E-state index >= 15 is 0 Å². The number of benzene rings is 1. The second-order valence-electron chi connectivity index (χ2n) is 5.35. The van der Waals surface area contributed by atoms with Crippen molar-refractivity contribution in [1.29, 1.82) is 0 Å². The predicted octanol–water partition coefficient (Wildman–Crippen LogP) is 2.98. The van der Waals surface area contributed by atoms with Gasteiger partial charge in [-0.3, -0.25) is 4.79 Å². The molecule has 1 fully saturated rings. The Kier molecular flexibility index (Phi) is 4.36. The van der Waals surface area contributed by atoms with Crippen molar-refractivity contribution in [3.63, 3.8) is 0 Å². The topological polar surface area (TPSA) is 54.1 Å². The van der Waals surface area contributed by atoms with E-state index in [2.05, 4.69) is 10.3 Å². The van der Waals surface area contributed by atoms with E-state index in [0.717, 1.165) is 30.6 Å². The molecule has 0 bridgehead atoms. The molecular formula is C17H20N2O2. The molecule has 1 aromatic carbocycles. The van der Waals surface area contributed by atoms with Gasteiger partial charge in [0, 0.05) is 31.1 Å². The Balaban J connectivity index is 1.66. The van der Waals surface area contributed by atoms with E-state index in [1.54, 1.807) is 6.20 Å². The fourth-order valence-corrected chi connectivity index (χ4v) is 2.68. The largest absolute Gasteiger partial charge is 0.376 e. The summed E-state index contributed by atoms with van der Waals surface area (Å²) in [4.78, 5) is 15.4. The average molecular weight is 284 g/mol. The van der Waals surface area contributed by atoms with Crippen molar-refractivity contribution >= 4 is 5.91 Å². The van der Waals surface area contributed by atoms with Gasteiger partial charge in [0.1, 0.15) is 0 Å². The van der Waals surface area contributed by atoms with Gasteiger partial charge in [-0.2, -0.15) is 0 Å². The van der Waals surface area contributed by atoms with Gasteiger partial charge in [-0.15, -0.1) is 0 Å². The van der Waals surface area contributed by atoms with Crippen LogP contribution in [0.2, 0.25) is 0 Å². The van der Waals surface area contributed by atoms with Gasteiger partial charge in [0.25, 0.3) is 5.91 Å². The van der Waals surface area contributed by atoms with Gasteiger partial charge in [-0.05, 0) is 24.8 Å². The molecule has 1 aliphatic rings. The highest BCUT2D eigenvalue weighted by atomic mass is 16.5. The molecule has 1 aliphatic heterocycles. The lowest BCUT2D eigenvalue weighted by Gasteiger charge is -2.22. The molecule has 2 N–H and O–H groups in total. The summed E-state index contributed by atoms with van der Waals surface area (Å²) in [6.07, 6.45) is 7.10. The standard InChI is InChI=1S/C17H20N2O2/c20-17(19-10-14-8-4-5-9-21-14)16-12-18-11-15(16)13-6-2-1-3-7-13/h1-3,6-7,11-12,14,18H,4-5,8-10H2,(H,19,20). The molecule has 0 aliphatic carbocycles. The zero-order chi connectivity index (χ0) is 14.5. The summed E-state index contributed by atoms with van der Waals surface area (Å²) in [7, 11) is 0. The van der Waals surface area contributed by atoms with Crippen molar-refractivity contribution in [1.82, 2.24) is 10.3 Å². The molecule has 1 atom stereocenters. The molecule has 1 aromatic heterocycles. The summed E-state index contributed by atoms with van der Waals surface area (Å²) in [6, 6.07) is 9.92. The quantitative estimate of drug-likeness (QED) is 0.907. The monoisotopic (exact) mass is 284 g/mol. The second-order valence-corrected chi connectivity index (χ2v) is 5.35. The number of carbonyl (C=O) groups excluding carboxylic acids is 1. The van der Waals surface area contributed by atoms with E-state index in [1.165, 1.54) is 6.42 Å². The third kappa shape index (κ3) is 3.34. The Bertz CT molecular complexity index is 586. The van der Waals surface area contributed by atoms with Crippen molar-refractivity contribution in [2.45, 2.75) is 25.4 Å². The Labute approximate surface area is 124 Å². The van der Waals surface area contributed by atoms with Crippen LogP contribution in [0, 0.1) is 0 Å². The van der Waals surface area contributed by atoms with Crippen LogP contribution >= 0.6 is 0 Å². The van der Waals surface area contributed by atoms with Crippen LogP contribution in [0.5, 0.6) is 0 Å². The predicted molar refractivity (Wildman–Crippen MR) is 82.2 cm³/mol. The highest BCUT2D eigenvalue weighted by molar-refractivity contribution is 6.00. The van der Waals surface area contributed by atoms with E-state index in [9.17, 15) is 4.79 Å². The number of amides is 1. The maximum atomic E-state index is 12.4. The van der Waals surface area contributed by atoms with Crippen molar-refractivity contribution in [3.8, 4) is 11.1 Å². The van der Waals surface area contributed by atoms with Gasteiger partial charge < -0.3 is 15.0 Å². The molecule has 21 heavy (non-hydrogen) atoms. The van der Waals surface area contributed by atoms with Crippen molar-refractivity contribution in [3.05, 3.63) is 48.3 Å². The van der Waals surface area contributed by atoms with Crippen molar-refractivity contribution in [2.75, 3.05) is 13.2 Å². The second kappa shape index (κ2) is 6.59. The summed E-state index contributed by atoms with van der Waals surface area (Å²) in [6.45, 7) is 1.39. The Morgan fingerprint density at radius 2 is 2.10 bits per heavy atom.